The highest BCUT2D eigenvalue weighted by atomic mass is 16.4. The molecule has 0 saturated carbocycles. The maximum atomic E-state index is 11.2. The van der Waals surface area contributed by atoms with Gasteiger partial charge in [-0.3, -0.25) is 4.98 Å². The number of aromatic nitrogens is 1. The first-order chi connectivity index (χ1) is 8.59. The van der Waals surface area contributed by atoms with E-state index in [2.05, 4.69) is 4.98 Å². The summed E-state index contributed by atoms with van der Waals surface area (Å²) in [6, 6.07) is 7.40. The number of benzene rings is 1. The van der Waals surface area contributed by atoms with Gasteiger partial charge in [0.2, 0.25) is 0 Å². The molecule has 90 valence electrons. The summed E-state index contributed by atoms with van der Waals surface area (Å²) in [4.78, 5) is 25.9. The largest absolute Gasteiger partial charge is 0.478 e. The van der Waals surface area contributed by atoms with Gasteiger partial charge in [0.15, 0.2) is 0 Å². The molecule has 1 aromatic heterocycles. The molecule has 2 rings (SSSR count). The molecule has 0 bridgehead atoms. The molecule has 5 heteroatoms. The average Bonchev–Trinajstić information content (AvgIpc) is 2.39. The first-order valence-electron chi connectivity index (χ1n) is 5.10. The van der Waals surface area contributed by atoms with Crippen LogP contribution in [0.5, 0.6) is 0 Å². The minimum atomic E-state index is -1.17. The normalized spacial score (nSPS) is 10.0. The number of carboxylic acids is 2. The molecule has 0 atom stereocenters. The first kappa shape index (κ1) is 11.8. The van der Waals surface area contributed by atoms with Crippen LogP contribution < -0.4 is 0 Å². The number of rotatable bonds is 3. The van der Waals surface area contributed by atoms with Crippen molar-refractivity contribution in [3.8, 4) is 11.1 Å². The smallest absolute Gasteiger partial charge is 0.336 e. The third kappa shape index (κ3) is 2.20. The molecular formula is C13H9NO4. The van der Waals surface area contributed by atoms with E-state index >= 15 is 0 Å². The van der Waals surface area contributed by atoms with Crippen LogP contribution in [-0.2, 0) is 0 Å². The lowest BCUT2D eigenvalue weighted by Gasteiger charge is -2.06. The van der Waals surface area contributed by atoms with Gasteiger partial charge in [0.25, 0.3) is 0 Å². The van der Waals surface area contributed by atoms with Crippen LogP contribution in [0.1, 0.15) is 20.7 Å². The van der Waals surface area contributed by atoms with Crippen LogP contribution in [0, 0.1) is 0 Å². The van der Waals surface area contributed by atoms with E-state index in [0.29, 0.717) is 11.1 Å². The van der Waals surface area contributed by atoms with Gasteiger partial charge in [-0.25, -0.2) is 9.59 Å². The fourth-order valence-corrected chi connectivity index (χ4v) is 1.63. The summed E-state index contributed by atoms with van der Waals surface area (Å²) in [7, 11) is 0. The van der Waals surface area contributed by atoms with E-state index in [4.69, 9.17) is 10.2 Å². The van der Waals surface area contributed by atoms with Gasteiger partial charge >= 0.3 is 11.9 Å². The predicted molar refractivity (Wildman–Crippen MR) is 63.6 cm³/mol. The second kappa shape index (κ2) is 4.67. The zero-order valence-corrected chi connectivity index (χ0v) is 9.20. The topological polar surface area (TPSA) is 87.5 Å². The van der Waals surface area contributed by atoms with Gasteiger partial charge in [-0.05, 0) is 23.8 Å². The molecule has 0 fully saturated rings. The van der Waals surface area contributed by atoms with E-state index in [1.54, 1.807) is 18.3 Å². The number of carboxylic acid groups (broad SMARTS) is 2. The van der Waals surface area contributed by atoms with Crippen LogP contribution in [0.2, 0.25) is 0 Å². The second-order valence-electron chi connectivity index (χ2n) is 3.61. The number of aromatic carboxylic acids is 2. The Morgan fingerprint density at radius 1 is 1.06 bits per heavy atom. The third-order valence-electron chi connectivity index (χ3n) is 2.47. The van der Waals surface area contributed by atoms with Crippen molar-refractivity contribution in [2.24, 2.45) is 0 Å². The molecule has 1 aromatic carbocycles. The first-order valence-corrected chi connectivity index (χ1v) is 5.10. The fourth-order valence-electron chi connectivity index (χ4n) is 1.63. The summed E-state index contributed by atoms with van der Waals surface area (Å²) >= 11 is 0. The van der Waals surface area contributed by atoms with E-state index in [1.807, 2.05) is 0 Å². The van der Waals surface area contributed by atoms with E-state index in [0.717, 1.165) is 6.07 Å². The number of hydrogen-bond donors (Lipinski definition) is 2. The number of carbonyl (C=O) groups is 2. The van der Waals surface area contributed by atoms with E-state index in [1.165, 1.54) is 18.3 Å². The van der Waals surface area contributed by atoms with Crippen molar-refractivity contribution >= 4 is 11.9 Å². The maximum absolute atomic E-state index is 11.2. The molecule has 0 aliphatic carbocycles. The highest BCUT2D eigenvalue weighted by Gasteiger charge is 2.15. The Morgan fingerprint density at radius 3 is 2.39 bits per heavy atom. The van der Waals surface area contributed by atoms with E-state index < -0.39 is 11.9 Å². The Balaban J connectivity index is 2.61. The van der Waals surface area contributed by atoms with Crippen LogP contribution in [0.25, 0.3) is 11.1 Å². The average molecular weight is 243 g/mol. The van der Waals surface area contributed by atoms with Crippen molar-refractivity contribution in [3.05, 3.63) is 53.9 Å². The molecule has 0 aliphatic rings. The van der Waals surface area contributed by atoms with Crippen LogP contribution in [0.4, 0.5) is 0 Å². The molecule has 0 spiro atoms. The SMILES string of the molecule is O=C(O)c1ccc(-c2cccnc2)c(C(=O)O)c1. The Kier molecular flexibility index (Phi) is 3.05. The highest BCUT2D eigenvalue weighted by molar-refractivity contribution is 5.99. The monoisotopic (exact) mass is 243 g/mol. The van der Waals surface area contributed by atoms with Crippen molar-refractivity contribution in [2.75, 3.05) is 0 Å². The highest BCUT2D eigenvalue weighted by Crippen LogP contribution is 2.24. The van der Waals surface area contributed by atoms with Gasteiger partial charge in [0.1, 0.15) is 0 Å². The number of pyridine rings is 1. The van der Waals surface area contributed by atoms with Gasteiger partial charge in [0, 0.05) is 18.0 Å². The molecule has 0 aliphatic heterocycles. The maximum Gasteiger partial charge on any atom is 0.336 e. The minimum absolute atomic E-state index is 0.0529. The Hall–Kier alpha value is -2.69. The summed E-state index contributed by atoms with van der Waals surface area (Å²) in [6.07, 6.45) is 3.11. The third-order valence-corrected chi connectivity index (χ3v) is 2.47. The van der Waals surface area contributed by atoms with Gasteiger partial charge in [0.05, 0.1) is 11.1 Å². The van der Waals surface area contributed by atoms with Crippen molar-refractivity contribution in [2.45, 2.75) is 0 Å². The Morgan fingerprint density at radius 2 is 1.83 bits per heavy atom. The predicted octanol–water partition coefficient (Wildman–Crippen LogP) is 2.14. The van der Waals surface area contributed by atoms with Crippen molar-refractivity contribution in [3.63, 3.8) is 0 Å². The summed E-state index contributed by atoms with van der Waals surface area (Å²) < 4.78 is 0. The zero-order valence-electron chi connectivity index (χ0n) is 9.20. The van der Waals surface area contributed by atoms with Crippen molar-refractivity contribution in [1.29, 1.82) is 0 Å². The van der Waals surface area contributed by atoms with E-state index in [9.17, 15) is 9.59 Å². The second-order valence-corrected chi connectivity index (χ2v) is 3.61. The van der Waals surface area contributed by atoms with Gasteiger partial charge < -0.3 is 10.2 Å². The lowest BCUT2D eigenvalue weighted by molar-refractivity contribution is 0.0696. The van der Waals surface area contributed by atoms with Crippen molar-refractivity contribution in [1.82, 2.24) is 4.98 Å². The number of hydrogen-bond acceptors (Lipinski definition) is 3. The van der Waals surface area contributed by atoms with E-state index in [-0.39, 0.29) is 11.1 Å². The Labute approximate surface area is 102 Å². The summed E-state index contributed by atoms with van der Waals surface area (Å²) in [5, 5.41) is 18.0. The molecule has 1 heterocycles. The molecule has 2 N–H and O–H groups in total. The van der Waals surface area contributed by atoms with Crippen LogP contribution in [-0.4, -0.2) is 27.1 Å². The molecular weight excluding hydrogens is 234 g/mol. The molecule has 2 aromatic rings. The minimum Gasteiger partial charge on any atom is -0.478 e. The van der Waals surface area contributed by atoms with Gasteiger partial charge in [-0.2, -0.15) is 0 Å². The van der Waals surface area contributed by atoms with Crippen LogP contribution >= 0.6 is 0 Å². The number of nitrogens with zero attached hydrogens (tertiary/aromatic N) is 1. The molecule has 5 nitrogen and oxygen atoms in total. The molecule has 0 unspecified atom stereocenters. The molecule has 0 radical (unpaired) electrons. The molecule has 18 heavy (non-hydrogen) atoms. The zero-order chi connectivity index (χ0) is 13.1. The molecule has 0 saturated heterocycles. The fraction of sp³-hybridized carbons (Fsp3) is 0. The summed E-state index contributed by atoms with van der Waals surface area (Å²) in [5.74, 6) is -2.33. The van der Waals surface area contributed by atoms with Crippen molar-refractivity contribution < 1.29 is 19.8 Å². The summed E-state index contributed by atoms with van der Waals surface area (Å²) in [5.41, 5.74) is 0.968. The Bertz CT molecular complexity index is 608. The lowest BCUT2D eigenvalue weighted by atomic mass is 9.99. The standard InChI is InChI=1S/C13H9NO4/c15-12(16)8-3-4-10(11(6-8)13(17)18)9-2-1-5-14-7-9/h1-7H,(H,15,16)(H,17,18). The summed E-state index contributed by atoms with van der Waals surface area (Å²) in [6.45, 7) is 0. The van der Waals surface area contributed by atoms with Crippen LogP contribution in [0.3, 0.4) is 0 Å². The quantitative estimate of drug-likeness (QED) is 0.862. The lowest BCUT2D eigenvalue weighted by Crippen LogP contribution is -2.04. The van der Waals surface area contributed by atoms with Gasteiger partial charge in [-0.15, -0.1) is 0 Å². The van der Waals surface area contributed by atoms with Gasteiger partial charge in [-0.1, -0.05) is 12.1 Å². The molecule has 0 amide bonds. The van der Waals surface area contributed by atoms with Crippen LogP contribution in [0.15, 0.2) is 42.7 Å².